The summed E-state index contributed by atoms with van der Waals surface area (Å²) in [5, 5.41) is 4.92. The van der Waals surface area contributed by atoms with E-state index in [1.807, 2.05) is 18.2 Å². The van der Waals surface area contributed by atoms with Crippen molar-refractivity contribution in [2.24, 2.45) is 0 Å². The molecule has 3 nitrogen and oxygen atoms in total. The van der Waals surface area contributed by atoms with Crippen LogP contribution < -0.4 is 10.6 Å². The van der Waals surface area contributed by atoms with Gasteiger partial charge in [-0.25, -0.2) is 0 Å². The smallest absolute Gasteiger partial charge is 0.271 e. The van der Waals surface area contributed by atoms with Crippen molar-refractivity contribution in [2.75, 3.05) is 5.32 Å². The zero-order valence-electron chi connectivity index (χ0n) is 8.34. The molecule has 0 radical (unpaired) electrons. The van der Waals surface area contributed by atoms with Crippen LogP contribution in [0.4, 0.5) is 5.69 Å². The molecule has 0 atom stereocenters. The minimum absolute atomic E-state index is 0.105. The van der Waals surface area contributed by atoms with Gasteiger partial charge in [-0.15, -0.1) is 0 Å². The topological polar surface area (TPSA) is 41.1 Å². The first-order valence-electron chi connectivity index (χ1n) is 4.39. The predicted molar refractivity (Wildman–Crippen MR) is 75.4 cm³/mol. The molecule has 0 saturated carbocycles. The number of nitrogens with one attached hydrogen (secondary N) is 2. The van der Waals surface area contributed by atoms with Gasteiger partial charge in [0.05, 0.1) is 0 Å². The first-order valence-corrected chi connectivity index (χ1v) is 5.93. The van der Waals surface area contributed by atoms with Crippen LogP contribution in [0.5, 0.6) is 0 Å². The zero-order valence-corrected chi connectivity index (χ0v) is 11.4. The molecule has 0 aromatic heterocycles. The molecule has 0 aliphatic heterocycles. The van der Waals surface area contributed by atoms with Gasteiger partial charge in [-0.05, 0) is 24.4 Å². The molecular formula is C10H7Cl3N2OS. The van der Waals surface area contributed by atoms with E-state index in [0.717, 1.165) is 5.69 Å². The number of amides is 1. The molecule has 0 heterocycles. The first kappa shape index (κ1) is 14.3. The second kappa shape index (κ2) is 6.81. The highest BCUT2D eigenvalue weighted by atomic mass is 35.5. The Hall–Kier alpha value is -0.810. The van der Waals surface area contributed by atoms with Gasteiger partial charge in [0.25, 0.3) is 5.91 Å². The van der Waals surface area contributed by atoms with E-state index in [1.165, 1.54) is 0 Å². The van der Waals surface area contributed by atoms with Crippen molar-refractivity contribution >= 4 is 63.7 Å². The fourth-order valence-corrected chi connectivity index (χ4v) is 1.36. The Labute approximate surface area is 119 Å². The molecular weight excluding hydrogens is 303 g/mol. The standard InChI is InChI=1S/C10H7Cl3N2OS/c11-7(8(12)13)9(16)15-10(17)14-6-4-2-1-3-5-6/h1-5H,(H2,14,15,16,17). The van der Waals surface area contributed by atoms with Crippen molar-refractivity contribution in [1.29, 1.82) is 0 Å². The quantitative estimate of drug-likeness (QED) is 0.650. The van der Waals surface area contributed by atoms with Crippen LogP contribution in [0.15, 0.2) is 39.9 Å². The summed E-state index contributed by atoms with van der Waals surface area (Å²) in [5.74, 6) is -0.667. The summed E-state index contributed by atoms with van der Waals surface area (Å²) < 4.78 is -0.313. The summed E-state index contributed by atoms with van der Waals surface area (Å²) in [4.78, 5) is 11.4. The molecule has 0 unspecified atom stereocenters. The van der Waals surface area contributed by atoms with Crippen molar-refractivity contribution in [3.05, 3.63) is 39.9 Å². The highest BCUT2D eigenvalue weighted by Gasteiger charge is 2.12. The molecule has 1 aromatic rings. The summed E-state index contributed by atoms with van der Waals surface area (Å²) in [6, 6.07) is 9.11. The molecule has 0 spiro atoms. The minimum atomic E-state index is -0.667. The second-order valence-corrected chi connectivity index (χ2v) is 4.58. The molecule has 0 fully saturated rings. The molecule has 7 heteroatoms. The Morgan fingerprint density at radius 2 is 1.71 bits per heavy atom. The number of carbonyl (C=O) groups is 1. The lowest BCUT2D eigenvalue weighted by molar-refractivity contribution is -0.115. The van der Waals surface area contributed by atoms with E-state index >= 15 is 0 Å². The lowest BCUT2D eigenvalue weighted by Gasteiger charge is -2.08. The maximum atomic E-state index is 11.4. The summed E-state index contributed by atoms with van der Waals surface area (Å²) in [5.41, 5.74) is 0.745. The molecule has 17 heavy (non-hydrogen) atoms. The average molecular weight is 310 g/mol. The third-order valence-corrected chi connectivity index (χ3v) is 2.76. The van der Waals surface area contributed by atoms with Crippen LogP contribution in [-0.2, 0) is 4.79 Å². The summed E-state index contributed by atoms with van der Waals surface area (Å²) in [6.07, 6.45) is 0. The Bertz CT molecular complexity index is 458. The number of hydrogen-bond acceptors (Lipinski definition) is 2. The van der Waals surface area contributed by atoms with Crippen LogP contribution in [0.1, 0.15) is 0 Å². The number of carbonyl (C=O) groups excluding carboxylic acids is 1. The molecule has 1 amide bonds. The van der Waals surface area contributed by atoms with Gasteiger partial charge in [0, 0.05) is 5.69 Å². The van der Waals surface area contributed by atoms with Gasteiger partial charge in [-0.3, -0.25) is 10.1 Å². The number of para-hydroxylation sites is 1. The van der Waals surface area contributed by atoms with Gasteiger partial charge >= 0.3 is 0 Å². The van der Waals surface area contributed by atoms with Crippen LogP contribution in [0.2, 0.25) is 0 Å². The minimum Gasteiger partial charge on any atom is -0.332 e. The molecule has 1 rings (SSSR count). The van der Waals surface area contributed by atoms with Crippen molar-refractivity contribution < 1.29 is 4.79 Å². The fourth-order valence-electron chi connectivity index (χ4n) is 0.928. The van der Waals surface area contributed by atoms with Gasteiger partial charge < -0.3 is 5.32 Å². The number of anilines is 1. The summed E-state index contributed by atoms with van der Waals surface area (Å²) >= 11 is 21.1. The van der Waals surface area contributed by atoms with Gasteiger partial charge in [0.15, 0.2) is 5.11 Å². The maximum Gasteiger partial charge on any atom is 0.271 e. The number of hydrogen-bond donors (Lipinski definition) is 2. The number of benzene rings is 1. The Balaban J connectivity index is 2.57. The van der Waals surface area contributed by atoms with Gasteiger partial charge in [-0.2, -0.15) is 0 Å². The lowest BCUT2D eigenvalue weighted by Crippen LogP contribution is -2.34. The van der Waals surface area contributed by atoms with Crippen LogP contribution in [0.25, 0.3) is 0 Å². The van der Waals surface area contributed by atoms with E-state index in [0.29, 0.717) is 0 Å². The van der Waals surface area contributed by atoms with Crippen molar-refractivity contribution in [2.45, 2.75) is 0 Å². The van der Waals surface area contributed by atoms with Crippen molar-refractivity contribution in [1.82, 2.24) is 5.32 Å². The number of halogens is 3. The van der Waals surface area contributed by atoms with E-state index < -0.39 is 5.91 Å². The number of thiocarbonyl (C=S) groups is 1. The number of rotatable bonds is 2. The third-order valence-electron chi connectivity index (χ3n) is 1.62. The second-order valence-electron chi connectivity index (χ2n) is 2.85. The van der Waals surface area contributed by atoms with Crippen LogP contribution in [0, 0.1) is 0 Å². The Morgan fingerprint density at radius 1 is 1.12 bits per heavy atom. The molecule has 0 bridgehead atoms. The molecule has 2 N–H and O–H groups in total. The summed E-state index contributed by atoms with van der Waals surface area (Å²) in [7, 11) is 0. The average Bonchev–Trinajstić information content (AvgIpc) is 2.28. The zero-order chi connectivity index (χ0) is 12.8. The molecule has 1 aromatic carbocycles. The highest BCUT2D eigenvalue weighted by Crippen LogP contribution is 2.17. The molecule has 90 valence electrons. The highest BCUT2D eigenvalue weighted by molar-refractivity contribution is 7.80. The lowest BCUT2D eigenvalue weighted by atomic mass is 10.3. The van der Waals surface area contributed by atoms with Gasteiger partial charge in [-0.1, -0.05) is 53.0 Å². The van der Waals surface area contributed by atoms with E-state index in [1.54, 1.807) is 12.1 Å². The molecule has 0 saturated heterocycles. The first-order chi connectivity index (χ1) is 8.00. The van der Waals surface area contributed by atoms with Crippen molar-refractivity contribution in [3.63, 3.8) is 0 Å². The monoisotopic (exact) mass is 308 g/mol. The van der Waals surface area contributed by atoms with Gasteiger partial charge in [0.1, 0.15) is 9.52 Å². The Kier molecular flexibility index (Phi) is 5.71. The SMILES string of the molecule is O=C(NC(=S)Nc1ccccc1)C(Cl)=C(Cl)Cl. The van der Waals surface area contributed by atoms with Gasteiger partial charge in [0.2, 0.25) is 0 Å². The summed E-state index contributed by atoms with van der Waals surface area (Å²) in [6.45, 7) is 0. The van der Waals surface area contributed by atoms with E-state index in [9.17, 15) is 4.79 Å². The van der Waals surface area contributed by atoms with E-state index in [2.05, 4.69) is 10.6 Å². The fraction of sp³-hybridized carbons (Fsp3) is 0. The van der Waals surface area contributed by atoms with Crippen LogP contribution in [0.3, 0.4) is 0 Å². The Morgan fingerprint density at radius 3 is 2.24 bits per heavy atom. The van der Waals surface area contributed by atoms with Crippen LogP contribution >= 0.6 is 47.0 Å². The van der Waals surface area contributed by atoms with E-state index in [-0.39, 0.29) is 14.6 Å². The molecule has 0 aliphatic rings. The third kappa shape index (κ3) is 4.91. The van der Waals surface area contributed by atoms with E-state index in [4.69, 9.17) is 47.0 Å². The normalized spacial score (nSPS) is 9.35. The van der Waals surface area contributed by atoms with Crippen LogP contribution in [-0.4, -0.2) is 11.0 Å². The molecule has 0 aliphatic carbocycles. The predicted octanol–water partition coefficient (Wildman–Crippen LogP) is 3.39. The largest absolute Gasteiger partial charge is 0.332 e. The maximum absolute atomic E-state index is 11.4. The van der Waals surface area contributed by atoms with Crippen molar-refractivity contribution in [3.8, 4) is 0 Å².